The van der Waals surface area contributed by atoms with Gasteiger partial charge in [-0.25, -0.2) is 9.79 Å². The molecule has 32 heavy (non-hydrogen) atoms. The lowest BCUT2D eigenvalue weighted by Crippen LogP contribution is -2.20. The Bertz CT molecular complexity index is 1080. The number of nitrogens with zero attached hydrogens (tertiary/aromatic N) is 1. The standard InChI is InChI=1S/C21H17F3N2O6/c1-29-15-8-11(9-16(30-2)18(15)31-10-17(25)27)7-14-20(28)32-19(26-14)12-3-5-13(6-4-12)21(22,23)24/h3-9H,10H2,1-2H3,(H2,25,27)/b14-7+. The van der Waals surface area contributed by atoms with Gasteiger partial charge >= 0.3 is 12.1 Å². The average molecular weight is 450 g/mol. The van der Waals surface area contributed by atoms with Crippen LogP contribution in [0.2, 0.25) is 0 Å². The van der Waals surface area contributed by atoms with Gasteiger partial charge in [0.15, 0.2) is 23.8 Å². The van der Waals surface area contributed by atoms with E-state index in [0.29, 0.717) is 5.56 Å². The van der Waals surface area contributed by atoms with Crippen LogP contribution in [0, 0.1) is 0 Å². The van der Waals surface area contributed by atoms with Gasteiger partial charge in [0.05, 0.1) is 19.8 Å². The number of methoxy groups -OCH3 is 2. The van der Waals surface area contributed by atoms with Crippen LogP contribution in [-0.2, 0) is 20.5 Å². The van der Waals surface area contributed by atoms with E-state index in [0.717, 1.165) is 24.3 Å². The summed E-state index contributed by atoms with van der Waals surface area (Å²) in [6.07, 6.45) is -3.11. The van der Waals surface area contributed by atoms with Crippen molar-refractivity contribution in [1.29, 1.82) is 0 Å². The molecule has 168 valence electrons. The van der Waals surface area contributed by atoms with E-state index in [1.54, 1.807) is 0 Å². The first-order valence-electron chi connectivity index (χ1n) is 8.99. The molecular weight excluding hydrogens is 433 g/mol. The number of benzene rings is 2. The van der Waals surface area contributed by atoms with Gasteiger partial charge in [0.1, 0.15) is 0 Å². The molecule has 0 aromatic heterocycles. The third kappa shape index (κ3) is 4.99. The average Bonchev–Trinajstić information content (AvgIpc) is 3.11. The largest absolute Gasteiger partial charge is 0.493 e. The Morgan fingerprint density at radius 1 is 1.12 bits per heavy atom. The molecular formula is C21H17F3N2O6. The molecule has 8 nitrogen and oxygen atoms in total. The van der Waals surface area contributed by atoms with Crippen molar-refractivity contribution in [3.63, 3.8) is 0 Å². The number of ether oxygens (including phenoxy) is 4. The summed E-state index contributed by atoms with van der Waals surface area (Å²) < 4.78 is 59.1. The number of aliphatic imine (C=N–C) groups is 1. The highest BCUT2D eigenvalue weighted by Gasteiger charge is 2.31. The van der Waals surface area contributed by atoms with Crippen molar-refractivity contribution >= 4 is 23.9 Å². The van der Waals surface area contributed by atoms with Crippen molar-refractivity contribution < 1.29 is 41.7 Å². The van der Waals surface area contributed by atoms with Crippen molar-refractivity contribution in [2.24, 2.45) is 10.7 Å². The third-order valence-electron chi connectivity index (χ3n) is 4.22. The molecule has 1 amide bonds. The van der Waals surface area contributed by atoms with Crippen LogP contribution < -0.4 is 19.9 Å². The quantitative estimate of drug-likeness (QED) is 0.513. The van der Waals surface area contributed by atoms with Crippen molar-refractivity contribution in [2.75, 3.05) is 20.8 Å². The number of esters is 1. The molecule has 0 saturated carbocycles. The van der Waals surface area contributed by atoms with Gasteiger partial charge in [0.25, 0.3) is 5.91 Å². The lowest BCUT2D eigenvalue weighted by molar-refractivity contribution is -0.137. The van der Waals surface area contributed by atoms with Crippen LogP contribution in [0.3, 0.4) is 0 Å². The Morgan fingerprint density at radius 2 is 1.72 bits per heavy atom. The maximum absolute atomic E-state index is 12.7. The fourth-order valence-electron chi connectivity index (χ4n) is 2.76. The maximum Gasteiger partial charge on any atom is 0.416 e. The van der Waals surface area contributed by atoms with Crippen LogP contribution in [0.4, 0.5) is 13.2 Å². The summed E-state index contributed by atoms with van der Waals surface area (Å²) in [6.45, 7) is -0.403. The van der Waals surface area contributed by atoms with Crippen molar-refractivity contribution in [3.8, 4) is 17.2 Å². The number of amides is 1. The second-order valence-electron chi connectivity index (χ2n) is 6.42. The van der Waals surface area contributed by atoms with Crippen molar-refractivity contribution in [1.82, 2.24) is 0 Å². The first-order valence-corrected chi connectivity index (χ1v) is 8.99. The summed E-state index contributed by atoms with van der Waals surface area (Å²) in [6, 6.07) is 7.07. The highest BCUT2D eigenvalue weighted by molar-refractivity contribution is 6.12. The Balaban J connectivity index is 1.92. The molecule has 0 aliphatic carbocycles. The minimum absolute atomic E-state index is 0.0881. The monoisotopic (exact) mass is 450 g/mol. The van der Waals surface area contributed by atoms with Gasteiger partial charge in [-0.15, -0.1) is 0 Å². The van der Waals surface area contributed by atoms with Crippen LogP contribution in [0.15, 0.2) is 47.1 Å². The zero-order valence-electron chi connectivity index (χ0n) is 16.9. The molecule has 0 spiro atoms. The van der Waals surface area contributed by atoms with E-state index in [2.05, 4.69) is 4.99 Å². The number of hydrogen-bond acceptors (Lipinski definition) is 7. The first-order chi connectivity index (χ1) is 15.1. The van der Waals surface area contributed by atoms with Gasteiger partial charge in [-0.1, -0.05) is 0 Å². The molecule has 1 heterocycles. The van der Waals surface area contributed by atoms with Crippen LogP contribution in [0.5, 0.6) is 17.2 Å². The van der Waals surface area contributed by atoms with Gasteiger partial charge in [-0.05, 0) is 48.0 Å². The van der Waals surface area contributed by atoms with Crippen LogP contribution in [0.1, 0.15) is 16.7 Å². The van der Waals surface area contributed by atoms with Gasteiger partial charge < -0.3 is 24.7 Å². The van der Waals surface area contributed by atoms with Gasteiger partial charge in [-0.2, -0.15) is 13.2 Å². The number of carbonyl (C=O) groups is 2. The van der Waals surface area contributed by atoms with Crippen LogP contribution in [-0.4, -0.2) is 38.6 Å². The molecule has 2 aromatic rings. The number of alkyl halides is 3. The molecule has 0 saturated heterocycles. The molecule has 0 bridgehead atoms. The summed E-state index contributed by atoms with van der Waals surface area (Å²) >= 11 is 0. The maximum atomic E-state index is 12.7. The molecule has 11 heteroatoms. The summed E-state index contributed by atoms with van der Waals surface area (Å²) in [5, 5.41) is 0. The lowest BCUT2D eigenvalue weighted by atomic mass is 10.1. The second-order valence-corrected chi connectivity index (χ2v) is 6.42. The number of hydrogen-bond donors (Lipinski definition) is 1. The molecule has 0 unspecified atom stereocenters. The number of rotatable bonds is 7. The summed E-state index contributed by atoms with van der Waals surface area (Å²) in [5.74, 6) is -1.06. The van der Waals surface area contributed by atoms with E-state index in [-0.39, 0.29) is 34.4 Å². The molecule has 0 radical (unpaired) electrons. The highest BCUT2D eigenvalue weighted by atomic mass is 19.4. The number of nitrogens with two attached hydrogens (primary N) is 1. The van der Waals surface area contributed by atoms with E-state index >= 15 is 0 Å². The molecule has 3 rings (SSSR count). The van der Waals surface area contributed by atoms with E-state index < -0.39 is 30.2 Å². The predicted octanol–water partition coefficient (Wildman–Crippen LogP) is 2.93. The molecule has 2 aromatic carbocycles. The smallest absolute Gasteiger partial charge is 0.416 e. The molecule has 0 atom stereocenters. The van der Waals surface area contributed by atoms with Gasteiger partial charge in [0.2, 0.25) is 11.6 Å². The molecule has 1 aliphatic heterocycles. The minimum atomic E-state index is -4.48. The van der Waals surface area contributed by atoms with E-state index in [9.17, 15) is 22.8 Å². The van der Waals surface area contributed by atoms with E-state index in [4.69, 9.17) is 24.7 Å². The normalized spacial score (nSPS) is 14.7. The number of carbonyl (C=O) groups excluding carboxylic acids is 2. The Kier molecular flexibility index (Phi) is 6.37. The zero-order chi connectivity index (χ0) is 23.5. The molecule has 1 aliphatic rings. The van der Waals surface area contributed by atoms with Gasteiger partial charge in [0, 0.05) is 5.56 Å². The molecule has 2 N–H and O–H groups in total. The van der Waals surface area contributed by atoms with E-state index in [1.807, 2.05) is 0 Å². The fraction of sp³-hybridized carbons (Fsp3) is 0.190. The SMILES string of the molecule is COc1cc(/C=C2/N=C(c3ccc(C(F)(F)F)cc3)OC2=O)cc(OC)c1OCC(N)=O. The summed E-state index contributed by atoms with van der Waals surface area (Å²) in [5.41, 5.74) is 4.80. The predicted molar refractivity (Wildman–Crippen MR) is 106 cm³/mol. The van der Waals surface area contributed by atoms with Crippen LogP contribution >= 0.6 is 0 Å². The second kappa shape index (κ2) is 9.00. The van der Waals surface area contributed by atoms with Crippen molar-refractivity contribution in [2.45, 2.75) is 6.18 Å². The third-order valence-corrected chi connectivity index (χ3v) is 4.22. The topological polar surface area (TPSA) is 109 Å². The van der Waals surface area contributed by atoms with Crippen molar-refractivity contribution in [3.05, 3.63) is 58.8 Å². The van der Waals surface area contributed by atoms with Gasteiger partial charge in [-0.3, -0.25) is 4.79 Å². The Labute approximate surface area is 180 Å². The number of primary amides is 1. The van der Waals surface area contributed by atoms with E-state index in [1.165, 1.54) is 32.4 Å². The number of cyclic esters (lactones) is 1. The fourth-order valence-corrected chi connectivity index (χ4v) is 2.76. The summed E-state index contributed by atoms with van der Waals surface area (Å²) in [7, 11) is 2.74. The molecule has 0 fully saturated rings. The summed E-state index contributed by atoms with van der Waals surface area (Å²) in [4.78, 5) is 27.3. The lowest BCUT2D eigenvalue weighted by Gasteiger charge is -2.14. The minimum Gasteiger partial charge on any atom is -0.493 e. The Morgan fingerprint density at radius 3 is 2.22 bits per heavy atom. The number of halogens is 3. The first kappa shape index (κ1) is 22.7. The zero-order valence-corrected chi connectivity index (χ0v) is 16.9. The Hall–Kier alpha value is -4.02. The van der Waals surface area contributed by atoms with Crippen LogP contribution in [0.25, 0.3) is 6.08 Å². The highest BCUT2D eigenvalue weighted by Crippen LogP contribution is 2.39.